The molecule has 1 saturated heterocycles. The summed E-state index contributed by atoms with van der Waals surface area (Å²) in [5, 5.41) is 2.50. The van der Waals surface area contributed by atoms with Gasteiger partial charge < -0.3 is 14.8 Å². The Hall–Kier alpha value is -4.30. The van der Waals surface area contributed by atoms with Crippen LogP contribution in [-0.2, 0) is 25.5 Å². The molecule has 1 aliphatic carbocycles. The van der Waals surface area contributed by atoms with Crippen molar-refractivity contribution in [3.63, 3.8) is 0 Å². The van der Waals surface area contributed by atoms with Gasteiger partial charge in [0.05, 0.1) is 6.42 Å². The Labute approximate surface area is 243 Å². The van der Waals surface area contributed by atoms with E-state index >= 15 is 0 Å². The molecule has 1 unspecified atom stereocenters. The molecule has 7 nitrogen and oxygen atoms in total. The zero-order chi connectivity index (χ0) is 28.2. The molecule has 3 aromatic carbocycles. The topological polar surface area (TPSA) is 84.9 Å². The molecule has 1 saturated carbocycles. The van der Waals surface area contributed by atoms with E-state index in [1.165, 1.54) is 4.90 Å². The van der Waals surface area contributed by atoms with Crippen molar-refractivity contribution >= 4 is 29.7 Å². The highest BCUT2D eigenvalue weighted by Gasteiger charge is 2.54. The van der Waals surface area contributed by atoms with Gasteiger partial charge in [0.1, 0.15) is 11.4 Å². The molecule has 0 bridgehead atoms. The van der Waals surface area contributed by atoms with Crippen LogP contribution in [0.3, 0.4) is 0 Å². The highest BCUT2D eigenvalue weighted by molar-refractivity contribution is 8.00. The molecule has 2 fully saturated rings. The quantitative estimate of drug-likeness (QED) is 0.262. The van der Waals surface area contributed by atoms with Crippen LogP contribution in [0.25, 0.3) is 0 Å². The molecular weight excluding hydrogens is 536 g/mol. The summed E-state index contributed by atoms with van der Waals surface area (Å²) in [6, 6.07) is 27.6. The first-order valence-electron chi connectivity index (χ1n) is 13.7. The predicted octanol–water partition coefficient (Wildman–Crippen LogP) is 5.75. The van der Waals surface area contributed by atoms with E-state index in [4.69, 9.17) is 9.47 Å². The van der Waals surface area contributed by atoms with Crippen LogP contribution in [0.4, 0.5) is 4.79 Å². The molecule has 0 radical (unpaired) electrons. The second-order valence-electron chi connectivity index (χ2n) is 10.3. The molecule has 6 rings (SSSR count). The van der Waals surface area contributed by atoms with Crippen molar-refractivity contribution in [3.8, 4) is 0 Å². The van der Waals surface area contributed by atoms with Gasteiger partial charge in [0, 0.05) is 11.3 Å². The first-order valence-corrected chi connectivity index (χ1v) is 14.8. The Kier molecular flexibility index (Phi) is 7.91. The number of thioether (sulfide) groups is 1. The molecule has 208 valence electrons. The summed E-state index contributed by atoms with van der Waals surface area (Å²) in [6.07, 6.45) is 4.92. The van der Waals surface area contributed by atoms with E-state index in [0.29, 0.717) is 11.7 Å². The van der Waals surface area contributed by atoms with Gasteiger partial charge in [0.25, 0.3) is 5.91 Å². The first kappa shape index (κ1) is 26.9. The zero-order valence-electron chi connectivity index (χ0n) is 22.3. The number of fused-ring (bicyclic) bond motifs is 1. The zero-order valence-corrected chi connectivity index (χ0v) is 23.2. The predicted molar refractivity (Wildman–Crippen MR) is 156 cm³/mol. The number of allylic oxidation sites excluding steroid dienone is 2. The molecule has 2 aliphatic heterocycles. The van der Waals surface area contributed by atoms with Crippen LogP contribution in [0.2, 0.25) is 0 Å². The van der Waals surface area contributed by atoms with Gasteiger partial charge in [0.15, 0.2) is 6.10 Å². The normalized spacial score (nSPS) is 20.0. The SMILES string of the molecule is O=C(Cc1ccccc1)NC1C(=O)N2C(OC(=O)OC(c3ccccc3)c3ccccc3)=C(/C=C\C3CC3)CS[C@@H]12. The molecule has 0 aromatic heterocycles. The first-order chi connectivity index (χ1) is 20.1. The average Bonchev–Trinajstić information content (AvgIpc) is 3.84. The fourth-order valence-corrected chi connectivity index (χ4v) is 6.24. The maximum Gasteiger partial charge on any atom is 0.516 e. The third-order valence-corrected chi connectivity index (χ3v) is 8.56. The molecule has 1 N–H and O–H groups in total. The second kappa shape index (κ2) is 12.1. The van der Waals surface area contributed by atoms with Crippen LogP contribution in [0.15, 0.2) is 115 Å². The van der Waals surface area contributed by atoms with E-state index in [1.807, 2.05) is 97.1 Å². The second-order valence-corrected chi connectivity index (χ2v) is 11.4. The highest BCUT2D eigenvalue weighted by Crippen LogP contribution is 2.42. The summed E-state index contributed by atoms with van der Waals surface area (Å²) in [5.41, 5.74) is 3.22. The number of carbonyl (C=O) groups is 3. The molecular formula is C33H30N2O5S. The fourth-order valence-electron chi connectivity index (χ4n) is 4.94. The van der Waals surface area contributed by atoms with Gasteiger partial charge >= 0.3 is 6.16 Å². The van der Waals surface area contributed by atoms with Gasteiger partial charge in [-0.1, -0.05) is 103 Å². The lowest BCUT2D eigenvalue weighted by atomic mass is 10.0. The van der Waals surface area contributed by atoms with Crippen LogP contribution >= 0.6 is 11.8 Å². The Morgan fingerprint density at radius 1 is 0.927 bits per heavy atom. The Balaban J connectivity index is 1.20. The van der Waals surface area contributed by atoms with Crippen molar-refractivity contribution in [2.24, 2.45) is 5.92 Å². The minimum Gasteiger partial charge on any atom is -0.421 e. The van der Waals surface area contributed by atoms with Gasteiger partial charge in [-0.2, -0.15) is 0 Å². The average molecular weight is 567 g/mol. The third-order valence-electron chi connectivity index (χ3n) is 7.26. The number of β-lactam (4-membered cyclic amide) rings is 1. The number of rotatable bonds is 9. The number of hydrogen-bond donors (Lipinski definition) is 1. The Bertz CT molecular complexity index is 1430. The summed E-state index contributed by atoms with van der Waals surface area (Å²) in [6.45, 7) is 0. The Morgan fingerprint density at radius 3 is 2.15 bits per heavy atom. The van der Waals surface area contributed by atoms with Gasteiger partial charge in [-0.15, -0.1) is 11.8 Å². The third kappa shape index (κ3) is 6.23. The smallest absolute Gasteiger partial charge is 0.421 e. The minimum atomic E-state index is -0.898. The van der Waals surface area contributed by atoms with E-state index in [9.17, 15) is 14.4 Å². The minimum absolute atomic E-state index is 0.175. The number of nitrogens with one attached hydrogen (secondary N) is 1. The molecule has 2 amide bonds. The molecule has 41 heavy (non-hydrogen) atoms. The van der Waals surface area contributed by atoms with Crippen LogP contribution in [0.1, 0.15) is 35.6 Å². The number of carbonyl (C=O) groups excluding carboxylic acids is 3. The van der Waals surface area contributed by atoms with Crippen LogP contribution < -0.4 is 5.32 Å². The summed E-state index contributed by atoms with van der Waals surface area (Å²) >= 11 is 1.54. The maximum absolute atomic E-state index is 13.3. The number of benzene rings is 3. The van der Waals surface area contributed by atoms with E-state index in [1.54, 1.807) is 11.8 Å². The largest absolute Gasteiger partial charge is 0.516 e. The van der Waals surface area contributed by atoms with Crippen LogP contribution in [0.5, 0.6) is 0 Å². The van der Waals surface area contributed by atoms with Crippen molar-refractivity contribution in [3.05, 3.63) is 131 Å². The van der Waals surface area contributed by atoms with E-state index in [2.05, 4.69) is 11.4 Å². The molecule has 3 aromatic rings. The van der Waals surface area contributed by atoms with Crippen molar-refractivity contribution in [1.82, 2.24) is 10.2 Å². The summed E-state index contributed by atoms with van der Waals surface area (Å²) in [5.74, 6) is 0.678. The maximum atomic E-state index is 13.3. The lowest BCUT2D eigenvalue weighted by Crippen LogP contribution is -2.70. The van der Waals surface area contributed by atoms with Crippen molar-refractivity contribution in [2.45, 2.75) is 36.8 Å². The van der Waals surface area contributed by atoms with Crippen molar-refractivity contribution in [1.29, 1.82) is 0 Å². The lowest BCUT2D eigenvalue weighted by Gasteiger charge is -2.49. The number of nitrogens with zero attached hydrogens (tertiary/aromatic N) is 1. The van der Waals surface area contributed by atoms with E-state index in [-0.39, 0.29) is 29.5 Å². The molecule has 0 spiro atoms. The van der Waals surface area contributed by atoms with Gasteiger partial charge in [-0.3, -0.25) is 14.5 Å². The van der Waals surface area contributed by atoms with Crippen LogP contribution in [0, 0.1) is 5.92 Å². The molecule has 2 heterocycles. The van der Waals surface area contributed by atoms with Gasteiger partial charge in [-0.25, -0.2) is 4.79 Å². The standard InChI is InChI=1S/C33H30N2O5S/c36-27(20-23-10-4-1-5-11-23)34-28-30(37)35-31(26(21-41-32(28)35)19-18-22-16-17-22)40-33(38)39-29(24-12-6-2-7-13-24)25-14-8-3-9-15-25/h1-15,18-19,22,28-29,32H,16-17,20-21H2,(H,34,36)/b19-18-/t28?,32-/m0/s1. The van der Waals surface area contributed by atoms with E-state index in [0.717, 1.165) is 35.1 Å². The van der Waals surface area contributed by atoms with Crippen LogP contribution in [-0.4, -0.2) is 40.0 Å². The Morgan fingerprint density at radius 2 is 1.54 bits per heavy atom. The molecule has 2 atom stereocenters. The highest BCUT2D eigenvalue weighted by atomic mass is 32.2. The summed E-state index contributed by atoms with van der Waals surface area (Å²) in [4.78, 5) is 40.8. The van der Waals surface area contributed by atoms with Crippen molar-refractivity contribution in [2.75, 3.05) is 5.75 Å². The molecule has 8 heteroatoms. The fraction of sp³-hybridized carbons (Fsp3) is 0.242. The summed E-state index contributed by atoms with van der Waals surface area (Å²) in [7, 11) is 0. The number of hydrogen-bond acceptors (Lipinski definition) is 6. The molecule has 3 aliphatic rings. The van der Waals surface area contributed by atoms with E-state index < -0.39 is 18.3 Å². The monoisotopic (exact) mass is 566 g/mol. The summed E-state index contributed by atoms with van der Waals surface area (Å²) < 4.78 is 11.7. The van der Waals surface area contributed by atoms with Gasteiger partial charge in [0.2, 0.25) is 11.8 Å². The van der Waals surface area contributed by atoms with Crippen molar-refractivity contribution < 1.29 is 23.9 Å². The number of ether oxygens (including phenoxy) is 2. The van der Waals surface area contributed by atoms with Gasteiger partial charge in [-0.05, 0) is 35.4 Å². The lowest BCUT2D eigenvalue weighted by molar-refractivity contribution is -0.149. The number of amides is 2.